The van der Waals surface area contributed by atoms with Gasteiger partial charge in [-0.2, -0.15) is 0 Å². The van der Waals surface area contributed by atoms with Gasteiger partial charge in [-0.25, -0.2) is 52.6 Å². The zero-order chi connectivity index (χ0) is 90.6. The van der Waals surface area contributed by atoms with Gasteiger partial charge in [0.15, 0.2) is 0 Å². The first-order valence-corrected chi connectivity index (χ1v) is 63.1. The molecule has 0 aromatic carbocycles. The quantitative estimate of drug-likeness (QED) is 0.0252. The number of hydrogen-bond donors (Lipinski definition) is 12. The van der Waals surface area contributed by atoms with Gasteiger partial charge in [-0.3, -0.25) is 42.5 Å². The van der Waals surface area contributed by atoms with Crippen LogP contribution in [0.2, 0.25) is 0 Å². The molecular formula is C104H204N12O8S4. The largest absolute Gasteiger partial charge is 0.286 e. The van der Waals surface area contributed by atoms with Crippen molar-refractivity contribution >= 4 is 40.1 Å². The van der Waals surface area contributed by atoms with Gasteiger partial charge in [0.2, 0.25) is 40.1 Å². The van der Waals surface area contributed by atoms with E-state index in [9.17, 15) is 0 Å². The van der Waals surface area contributed by atoms with E-state index in [2.05, 4.69) is 89.1 Å². The molecule has 0 aromatic rings. The summed E-state index contributed by atoms with van der Waals surface area (Å²) in [6.07, 6.45) is 85.1. The van der Waals surface area contributed by atoms with Gasteiger partial charge in [-0.1, -0.05) is 451 Å². The highest BCUT2D eigenvalue weighted by Crippen LogP contribution is 2.47. The summed E-state index contributed by atoms with van der Waals surface area (Å²) < 4.78 is 140. The summed E-state index contributed by atoms with van der Waals surface area (Å²) in [4.78, 5) is 0. The topological polar surface area (TPSA) is 281 Å². The van der Waals surface area contributed by atoms with Crippen LogP contribution in [0.15, 0.2) is 0 Å². The molecule has 5 saturated heterocycles. The third-order valence-electron chi connectivity index (χ3n) is 32.6. The van der Waals surface area contributed by atoms with Crippen LogP contribution in [0.5, 0.6) is 0 Å². The van der Waals surface area contributed by atoms with Crippen LogP contribution >= 0.6 is 0 Å². The smallest absolute Gasteiger partial charge is 0.211 e. The van der Waals surface area contributed by atoms with Crippen LogP contribution in [-0.4, -0.2) is 130 Å². The predicted molar refractivity (Wildman–Crippen MR) is 540 cm³/mol. The highest BCUT2D eigenvalue weighted by molar-refractivity contribution is 7.90. The van der Waals surface area contributed by atoms with Gasteiger partial charge in [0.05, 0.1) is 84.4 Å². The third-order valence-corrected chi connectivity index (χ3v) is 38.4. The van der Waals surface area contributed by atoms with E-state index in [1.165, 1.54) is 308 Å². The summed E-state index contributed by atoms with van der Waals surface area (Å²) in [5.41, 5.74) is 0. The molecule has 20 unspecified atom stereocenters. The number of unbranched alkanes of at least 4 members (excludes halogenated alkanes) is 60. The maximum Gasteiger partial charge on any atom is 0.211 e. The third kappa shape index (κ3) is 41.4. The first kappa shape index (κ1) is 111. The van der Waals surface area contributed by atoms with E-state index in [4.69, 9.17) is 0 Å². The Balaban J connectivity index is 1.01. The van der Waals surface area contributed by atoms with Crippen molar-refractivity contribution in [1.82, 2.24) is 61.4 Å². The second kappa shape index (κ2) is 64.5. The van der Waals surface area contributed by atoms with Crippen LogP contribution in [0.1, 0.15) is 516 Å². The lowest BCUT2D eigenvalue weighted by Gasteiger charge is -2.51. The predicted octanol–water partition coefficient (Wildman–Crippen LogP) is 23.2. The number of rotatable bonds is 76. The van der Waals surface area contributed by atoms with E-state index in [0.29, 0.717) is 62.2 Å². The zero-order valence-corrected chi connectivity index (χ0v) is 86.3. The van der Waals surface area contributed by atoms with Crippen LogP contribution in [-0.2, 0) is 40.1 Å². The Morgan fingerprint density at radius 1 is 0.172 bits per heavy atom. The van der Waals surface area contributed by atoms with Crippen molar-refractivity contribution < 1.29 is 33.7 Å². The van der Waals surface area contributed by atoms with Gasteiger partial charge >= 0.3 is 0 Å². The average Bonchev–Trinajstić information content (AvgIpc) is 1.54. The molecule has 0 radical (unpaired) electrons. The lowest BCUT2D eigenvalue weighted by molar-refractivity contribution is 0.0887. The lowest BCUT2D eigenvalue weighted by atomic mass is 9.68. The minimum atomic E-state index is -4.33. The fraction of sp³-hybridized carbons (Fsp3) is 1.00. The van der Waals surface area contributed by atoms with Crippen LogP contribution in [0.3, 0.4) is 0 Å². The van der Waals surface area contributed by atoms with Gasteiger partial charge in [-0.15, -0.1) is 0 Å². The molecule has 0 spiro atoms. The second-order valence-electron chi connectivity index (χ2n) is 43.2. The summed E-state index contributed by atoms with van der Waals surface area (Å²) in [5, 5.41) is 33.7. The van der Waals surface area contributed by atoms with Crippen LogP contribution in [0, 0.1) is 47.3 Å². The number of hydrogen-bond acceptors (Lipinski definition) is 16. The summed E-state index contributed by atoms with van der Waals surface area (Å²) >= 11 is 0. The first-order valence-electron chi connectivity index (χ1n) is 56.5. The molecule has 128 heavy (non-hydrogen) atoms. The lowest BCUT2D eigenvalue weighted by Crippen LogP contribution is -2.77. The maximum absolute atomic E-state index is 15.9. The summed E-state index contributed by atoms with van der Waals surface area (Å²) in [5.74, 6) is -0.581. The molecule has 4 saturated carbocycles. The molecule has 20 atom stereocenters. The Morgan fingerprint density at radius 3 is 0.453 bits per heavy atom. The Kier molecular flexibility index (Phi) is 55.9. The fourth-order valence-electron chi connectivity index (χ4n) is 25.2. The normalized spacial score (nSPS) is 29.1. The molecular weight excluding hydrogens is 1670 g/mol. The average molecular weight is 1880 g/mol. The van der Waals surface area contributed by atoms with Crippen molar-refractivity contribution in [2.24, 2.45) is 47.3 Å². The van der Waals surface area contributed by atoms with E-state index in [1.807, 2.05) is 0 Å². The standard InChI is InChI=1S/C104H204N12O8S4/c1-5-9-13-17-21-25-29-33-37-41-45-49-53-57-61-71-81-125(117,118)113-93-91-92(104-111-102-90-80-70-68-78-88(90)100(109-102)107-98-86-76-66-65-75-85(86)97(105-98)106-99-87-77-67-69-79-89(87)101(108-99)110-103(91)112-104)94(114-126(119,120)82-72-62-58-54-50-46-42-38-34-30-26-22-18-14-10-6-2)96(116-128(123,124)84-74-64-60-56-52-48-44-40-36-32-28-24-20-16-12-8-4)95(93)115-127(121,122)83-73-63-59-55-51-47-43-39-35-31-27-23-19-15-11-7-3/h85-116H,5-84H2,1-4H3. The van der Waals surface area contributed by atoms with E-state index >= 15 is 33.7 Å². The van der Waals surface area contributed by atoms with Crippen molar-refractivity contribution in [1.29, 1.82) is 0 Å². The second-order valence-corrected chi connectivity index (χ2v) is 50.7. The van der Waals surface area contributed by atoms with Crippen molar-refractivity contribution in [3.05, 3.63) is 0 Å². The Hall–Kier alpha value is -0.680. The monoisotopic (exact) mass is 1880 g/mol. The van der Waals surface area contributed by atoms with Crippen LogP contribution < -0.4 is 61.4 Å². The highest BCUT2D eigenvalue weighted by Gasteiger charge is 2.64. The zero-order valence-electron chi connectivity index (χ0n) is 83.0. The fourth-order valence-corrected chi connectivity index (χ4v) is 30.9. The molecule has 9 rings (SSSR count). The van der Waals surface area contributed by atoms with Gasteiger partial charge in [0, 0.05) is 23.9 Å². The molecule has 9 aliphatic rings. The number of sulfonamides is 4. The SMILES string of the molecule is CCCCCCCCCCCCCCCCCCS(=O)(=O)NC1C(NS(=O)(=O)CCCCCCCCCCCCCCCCCC)C(NS(=O)(=O)CCCCCCCCCCCCCCCCCC)C2C3NC4NC(NC5NC(NC6NC(NC(N3)C2C1NS(=O)(=O)CCCCCCCCCCCCCCCCCC)C1CCCCC61)C1CCCCC51)C1CCCCC41. The molecule has 752 valence electrons. The highest BCUT2D eigenvalue weighted by atomic mass is 32.2. The molecule has 5 aliphatic heterocycles. The minimum Gasteiger partial charge on any atom is -0.286 e. The molecule has 0 aromatic heterocycles. The summed E-state index contributed by atoms with van der Waals surface area (Å²) in [6.45, 7) is 9.10. The molecule has 12 N–H and O–H groups in total. The Bertz CT molecular complexity index is 3090. The van der Waals surface area contributed by atoms with Crippen molar-refractivity contribution in [3.8, 4) is 0 Å². The molecule has 20 nitrogen and oxygen atoms in total. The Labute approximate surface area is 789 Å². The van der Waals surface area contributed by atoms with E-state index in [-0.39, 0.29) is 71.8 Å². The first-order chi connectivity index (χ1) is 62.4. The van der Waals surface area contributed by atoms with Crippen LogP contribution in [0.4, 0.5) is 0 Å². The molecule has 9 fully saturated rings. The van der Waals surface area contributed by atoms with Crippen molar-refractivity contribution in [2.75, 3.05) is 23.0 Å². The number of fused-ring (bicyclic) bond motifs is 20. The Morgan fingerprint density at radius 2 is 0.297 bits per heavy atom. The van der Waals surface area contributed by atoms with E-state index in [1.54, 1.807) is 0 Å². The van der Waals surface area contributed by atoms with Gasteiger partial charge in [0.1, 0.15) is 0 Å². The minimum absolute atomic E-state index is 0.0333. The maximum atomic E-state index is 15.9. The van der Waals surface area contributed by atoms with Crippen LogP contribution in [0.25, 0.3) is 0 Å². The van der Waals surface area contributed by atoms with Gasteiger partial charge in [0.25, 0.3) is 0 Å². The van der Waals surface area contributed by atoms with Crippen molar-refractivity contribution in [2.45, 2.75) is 589 Å². The molecule has 5 heterocycles. The molecule has 0 amide bonds. The van der Waals surface area contributed by atoms with Gasteiger partial charge in [-0.05, 0) is 99.7 Å². The molecule has 24 heteroatoms. The molecule has 8 bridgehead atoms. The number of nitrogens with one attached hydrogen (secondary N) is 12. The summed E-state index contributed by atoms with van der Waals surface area (Å²) in [6, 6.07) is -5.40. The van der Waals surface area contributed by atoms with Gasteiger partial charge < -0.3 is 0 Å². The molecule has 4 aliphatic carbocycles. The van der Waals surface area contributed by atoms with E-state index in [0.717, 1.165) is 141 Å². The van der Waals surface area contributed by atoms with E-state index < -0.39 is 88.4 Å². The summed E-state index contributed by atoms with van der Waals surface area (Å²) in [7, 11) is -17.2. The van der Waals surface area contributed by atoms with Crippen molar-refractivity contribution in [3.63, 3.8) is 0 Å².